The van der Waals surface area contributed by atoms with Gasteiger partial charge in [-0.2, -0.15) is 0 Å². The molecule has 4 heteroatoms. The molecule has 3 heterocycles. The molecule has 6 aromatic rings. The molecule has 7 rings (SSSR count). The zero-order chi connectivity index (χ0) is 30.0. The number of benzene rings is 3. The SMILES string of the molecule is CC(C)(C)c1ccc(-c2[c-]ccc3c2C(C)(C)c2ccccc2-3)nc1.[Ir].[c-]1ccc(-c2ccccn2)cc1-c1ccccn1. The molecule has 0 aliphatic heterocycles. The zero-order valence-corrected chi connectivity index (χ0v) is 28.1. The van der Waals surface area contributed by atoms with E-state index in [1.807, 2.05) is 60.8 Å². The van der Waals surface area contributed by atoms with Gasteiger partial charge in [-0.25, -0.2) is 0 Å². The average molecular weight is 750 g/mol. The van der Waals surface area contributed by atoms with Crippen molar-refractivity contribution in [2.75, 3.05) is 0 Å². The maximum absolute atomic E-state index is 4.79. The largest absolute Gasteiger partial charge is 0.305 e. The van der Waals surface area contributed by atoms with Gasteiger partial charge in [0.15, 0.2) is 0 Å². The summed E-state index contributed by atoms with van der Waals surface area (Å²) in [5.74, 6) is 0. The topological polar surface area (TPSA) is 38.7 Å². The molecule has 1 aliphatic carbocycles. The van der Waals surface area contributed by atoms with E-state index in [0.717, 1.165) is 33.8 Å². The smallest absolute Gasteiger partial charge is 0.0518 e. The van der Waals surface area contributed by atoms with E-state index in [1.54, 1.807) is 12.4 Å². The van der Waals surface area contributed by atoms with Gasteiger partial charge in [-0.15, -0.1) is 59.2 Å². The van der Waals surface area contributed by atoms with Crippen molar-refractivity contribution in [3.63, 3.8) is 0 Å². The summed E-state index contributed by atoms with van der Waals surface area (Å²) in [5, 5.41) is 0. The van der Waals surface area contributed by atoms with Gasteiger partial charge in [-0.05, 0) is 57.1 Å². The van der Waals surface area contributed by atoms with Crippen molar-refractivity contribution >= 4 is 0 Å². The van der Waals surface area contributed by atoms with Gasteiger partial charge in [-0.3, -0.25) is 4.98 Å². The van der Waals surface area contributed by atoms with Crippen molar-refractivity contribution in [3.8, 4) is 44.9 Å². The quantitative estimate of drug-likeness (QED) is 0.169. The summed E-state index contributed by atoms with van der Waals surface area (Å²) in [6.45, 7) is 11.3. The number of nitrogens with zero attached hydrogens (tertiary/aromatic N) is 3. The van der Waals surface area contributed by atoms with E-state index < -0.39 is 0 Å². The predicted octanol–water partition coefficient (Wildman–Crippen LogP) is 9.76. The van der Waals surface area contributed by atoms with Gasteiger partial charge in [0.1, 0.15) is 0 Å². The van der Waals surface area contributed by atoms with Crippen LogP contribution in [0.2, 0.25) is 0 Å². The second-order valence-corrected chi connectivity index (χ2v) is 12.4. The number of aromatic nitrogens is 3. The fraction of sp³-hybridized carbons (Fsp3) is 0.175. The molecular weight excluding hydrogens is 715 g/mol. The van der Waals surface area contributed by atoms with Gasteiger partial charge in [-0.1, -0.05) is 100 Å². The molecule has 221 valence electrons. The van der Waals surface area contributed by atoms with Crippen molar-refractivity contribution in [1.29, 1.82) is 0 Å². The van der Waals surface area contributed by atoms with Crippen LogP contribution in [0.3, 0.4) is 0 Å². The fourth-order valence-electron chi connectivity index (χ4n) is 5.79. The normalized spacial score (nSPS) is 12.7. The summed E-state index contributed by atoms with van der Waals surface area (Å²) >= 11 is 0. The standard InChI is InChI=1S/C24H24N.C16H11N2.Ir/c1-23(2,3)16-13-14-21(25-15-16)19-11-8-10-18-17-9-6-7-12-20(17)24(4,5)22(18)19;1-3-10-17-15(8-1)13-6-5-7-14(12-13)16-9-2-4-11-18-16;/h6-10,12-15H,1-5H3;1-6,8-12H;/q2*-1;. The van der Waals surface area contributed by atoms with Gasteiger partial charge in [0.05, 0.1) is 5.69 Å². The van der Waals surface area contributed by atoms with E-state index in [9.17, 15) is 0 Å². The second-order valence-electron chi connectivity index (χ2n) is 12.4. The Morgan fingerprint density at radius 2 is 1.32 bits per heavy atom. The third kappa shape index (κ3) is 6.19. The zero-order valence-electron chi connectivity index (χ0n) is 25.7. The van der Waals surface area contributed by atoms with Crippen LogP contribution < -0.4 is 0 Å². The van der Waals surface area contributed by atoms with Crippen LogP contribution in [-0.2, 0) is 30.9 Å². The first-order valence-corrected chi connectivity index (χ1v) is 14.7. The summed E-state index contributed by atoms with van der Waals surface area (Å²) in [6.07, 6.45) is 5.60. The van der Waals surface area contributed by atoms with Crippen LogP contribution in [0.5, 0.6) is 0 Å². The Morgan fingerprint density at radius 3 is 1.98 bits per heavy atom. The minimum atomic E-state index is -0.0383. The molecule has 0 N–H and O–H groups in total. The molecule has 0 spiro atoms. The number of pyridine rings is 3. The maximum Gasteiger partial charge on any atom is 0.0518 e. The molecule has 0 fully saturated rings. The third-order valence-corrected chi connectivity index (χ3v) is 8.10. The van der Waals surface area contributed by atoms with E-state index in [-0.39, 0.29) is 30.9 Å². The Labute approximate surface area is 274 Å². The number of rotatable bonds is 3. The molecule has 0 saturated heterocycles. The van der Waals surface area contributed by atoms with Crippen molar-refractivity contribution < 1.29 is 20.1 Å². The predicted molar refractivity (Wildman–Crippen MR) is 177 cm³/mol. The first-order chi connectivity index (χ1) is 20.7. The molecule has 0 unspecified atom stereocenters. The molecule has 0 bridgehead atoms. The second kappa shape index (κ2) is 12.8. The third-order valence-electron chi connectivity index (χ3n) is 8.10. The van der Waals surface area contributed by atoms with Crippen LogP contribution >= 0.6 is 0 Å². The summed E-state index contributed by atoms with van der Waals surface area (Å²) in [6, 6.07) is 41.7. The van der Waals surface area contributed by atoms with Crippen molar-refractivity contribution in [2.45, 2.75) is 45.4 Å². The van der Waals surface area contributed by atoms with E-state index in [4.69, 9.17) is 4.98 Å². The Balaban J connectivity index is 0.000000179. The van der Waals surface area contributed by atoms with Crippen molar-refractivity contribution in [2.24, 2.45) is 0 Å². The average Bonchev–Trinajstić information content (AvgIpc) is 3.28. The number of hydrogen-bond acceptors (Lipinski definition) is 3. The summed E-state index contributed by atoms with van der Waals surface area (Å²) in [7, 11) is 0. The van der Waals surface area contributed by atoms with E-state index in [1.165, 1.54) is 27.8 Å². The Hall–Kier alpha value is -4.24. The number of fused-ring (bicyclic) bond motifs is 3. The molecule has 3 nitrogen and oxygen atoms in total. The molecule has 3 aromatic carbocycles. The minimum absolute atomic E-state index is 0. The molecule has 3 aromatic heterocycles. The van der Waals surface area contributed by atoms with Crippen LogP contribution in [0.15, 0.2) is 122 Å². The van der Waals surface area contributed by atoms with Crippen LogP contribution in [0, 0.1) is 12.1 Å². The van der Waals surface area contributed by atoms with Gasteiger partial charge in [0.25, 0.3) is 0 Å². The van der Waals surface area contributed by atoms with Gasteiger partial charge < -0.3 is 9.97 Å². The molecule has 0 saturated carbocycles. The van der Waals surface area contributed by atoms with Crippen molar-refractivity contribution in [3.05, 3.63) is 151 Å². The number of hydrogen-bond donors (Lipinski definition) is 0. The Morgan fingerprint density at radius 1 is 0.636 bits per heavy atom. The van der Waals surface area contributed by atoms with Gasteiger partial charge >= 0.3 is 0 Å². The van der Waals surface area contributed by atoms with Gasteiger partial charge in [0, 0.05) is 38.7 Å². The fourth-order valence-corrected chi connectivity index (χ4v) is 5.79. The monoisotopic (exact) mass is 750 g/mol. The molecule has 44 heavy (non-hydrogen) atoms. The minimum Gasteiger partial charge on any atom is -0.305 e. The molecule has 1 aliphatic rings. The van der Waals surface area contributed by atoms with Crippen LogP contribution in [0.4, 0.5) is 0 Å². The summed E-state index contributed by atoms with van der Waals surface area (Å²) < 4.78 is 0. The summed E-state index contributed by atoms with van der Waals surface area (Å²) in [5.41, 5.74) is 12.8. The molecular formula is C40H35IrN3-2. The van der Waals surface area contributed by atoms with Gasteiger partial charge in [0.2, 0.25) is 0 Å². The van der Waals surface area contributed by atoms with Crippen LogP contribution in [-0.4, -0.2) is 15.0 Å². The maximum atomic E-state index is 4.79. The van der Waals surface area contributed by atoms with Crippen LogP contribution in [0.25, 0.3) is 44.9 Å². The molecule has 0 atom stereocenters. The van der Waals surface area contributed by atoms with Crippen molar-refractivity contribution in [1.82, 2.24) is 15.0 Å². The Kier molecular flexibility index (Phi) is 9.06. The first kappa shape index (κ1) is 31.2. The van der Waals surface area contributed by atoms with E-state index in [0.29, 0.717) is 0 Å². The molecule has 0 amide bonds. The Bertz CT molecular complexity index is 1800. The summed E-state index contributed by atoms with van der Waals surface area (Å²) in [4.78, 5) is 13.5. The first-order valence-electron chi connectivity index (χ1n) is 14.7. The molecule has 1 radical (unpaired) electrons. The van der Waals surface area contributed by atoms with Crippen LogP contribution in [0.1, 0.15) is 51.3 Å². The van der Waals surface area contributed by atoms with E-state index in [2.05, 4.69) is 105 Å². The van der Waals surface area contributed by atoms with E-state index >= 15 is 0 Å².